The monoisotopic (exact) mass is 228 g/mol. The van der Waals surface area contributed by atoms with Gasteiger partial charge in [0.15, 0.2) is 0 Å². The number of hydrogen-bond acceptors (Lipinski definition) is 4. The fraction of sp³-hybridized carbons (Fsp3) is 0.500. The maximum absolute atomic E-state index is 11.4. The van der Waals surface area contributed by atoms with E-state index < -0.39 is 0 Å². The molecular formula is C10H16N2O2S. The number of nitrogens with one attached hydrogen (secondary N) is 2. The molecule has 0 aromatic carbocycles. The van der Waals surface area contributed by atoms with Crippen LogP contribution in [0.5, 0.6) is 0 Å². The van der Waals surface area contributed by atoms with Crippen molar-refractivity contribution < 1.29 is 9.90 Å². The maximum Gasteiger partial charge on any atom is 0.261 e. The molecule has 0 spiro atoms. The summed E-state index contributed by atoms with van der Waals surface area (Å²) in [7, 11) is 0. The Bertz CT molecular complexity index is 275. The average molecular weight is 228 g/mol. The van der Waals surface area contributed by atoms with Gasteiger partial charge < -0.3 is 15.7 Å². The zero-order valence-corrected chi connectivity index (χ0v) is 9.35. The van der Waals surface area contributed by atoms with Gasteiger partial charge in [-0.15, -0.1) is 11.3 Å². The quantitative estimate of drug-likeness (QED) is 0.594. The molecule has 3 N–H and O–H groups in total. The van der Waals surface area contributed by atoms with Crippen molar-refractivity contribution in [2.75, 3.05) is 26.2 Å². The third-order valence-electron chi connectivity index (χ3n) is 1.85. The summed E-state index contributed by atoms with van der Waals surface area (Å²) in [6.07, 6.45) is 0.872. The van der Waals surface area contributed by atoms with Crippen LogP contribution in [-0.4, -0.2) is 37.3 Å². The van der Waals surface area contributed by atoms with Gasteiger partial charge >= 0.3 is 0 Å². The van der Waals surface area contributed by atoms with Gasteiger partial charge in [0.1, 0.15) is 0 Å². The van der Waals surface area contributed by atoms with Crippen molar-refractivity contribution in [3.63, 3.8) is 0 Å². The zero-order valence-electron chi connectivity index (χ0n) is 8.53. The predicted octanol–water partition coefficient (Wildman–Crippen LogP) is 0.450. The summed E-state index contributed by atoms with van der Waals surface area (Å²) in [5, 5.41) is 16.3. The van der Waals surface area contributed by atoms with E-state index in [4.69, 9.17) is 5.11 Å². The first-order valence-electron chi connectivity index (χ1n) is 4.98. The third kappa shape index (κ3) is 4.92. The Labute approximate surface area is 93.3 Å². The molecule has 4 nitrogen and oxygen atoms in total. The molecule has 84 valence electrons. The lowest BCUT2D eigenvalue weighted by Gasteiger charge is -2.04. The minimum atomic E-state index is -0.00726. The number of rotatable bonds is 7. The molecule has 0 saturated carbocycles. The Balaban J connectivity index is 2.03. The highest BCUT2D eigenvalue weighted by molar-refractivity contribution is 7.12. The molecule has 0 aliphatic rings. The van der Waals surface area contributed by atoms with E-state index in [1.807, 2.05) is 17.5 Å². The number of hydrogen-bond donors (Lipinski definition) is 3. The summed E-state index contributed by atoms with van der Waals surface area (Å²) in [5.74, 6) is -0.00726. The van der Waals surface area contributed by atoms with Gasteiger partial charge in [-0.1, -0.05) is 6.07 Å². The summed E-state index contributed by atoms with van der Waals surface area (Å²) in [5.41, 5.74) is 0. The molecule has 0 radical (unpaired) electrons. The van der Waals surface area contributed by atoms with E-state index in [9.17, 15) is 4.79 Å². The van der Waals surface area contributed by atoms with Crippen molar-refractivity contribution in [1.82, 2.24) is 10.6 Å². The molecule has 1 amide bonds. The second kappa shape index (κ2) is 7.39. The summed E-state index contributed by atoms with van der Waals surface area (Å²) >= 11 is 1.44. The number of aliphatic hydroxyl groups is 1. The van der Waals surface area contributed by atoms with E-state index in [2.05, 4.69) is 10.6 Å². The summed E-state index contributed by atoms with van der Waals surface area (Å²) in [4.78, 5) is 12.2. The first-order chi connectivity index (χ1) is 7.34. The molecule has 15 heavy (non-hydrogen) atoms. The van der Waals surface area contributed by atoms with Crippen LogP contribution in [0.15, 0.2) is 17.5 Å². The van der Waals surface area contributed by atoms with Crippen LogP contribution in [0.4, 0.5) is 0 Å². The van der Waals surface area contributed by atoms with Crippen LogP contribution >= 0.6 is 11.3 Å². The molecule has 1 aromatic rings. The Morgan fingerprint density at radius 3 is 2.93 bits per heavy atom. The van der Waals surface area contributed by atoms with Gasteiger partial charge in [0.25, 0.3) is 5.91 Å². The minimum Gasteiger partial charge on any atom is -0.395 e. The van der Waals surface area contributed by atoms with E-state index in [1.165, 1.54) is 11.3 Å². The van der Waals surface area contributed by atoms with Crippen LogP contribution in [0.3, 0.4) is 0 Å². The minimum absolute atomic E-state index is 0.00726. The van der Waals surface area contributed by atoms with Gasteiger partial charge in [-0.05, 0) is 24.4 Å². The van der Waals surface area contributed by atoms with E-state index in [-0.39, 0.29) is 12.5 Å². The van der Waals surface area contributed by atoms with E-state index in [0.29, 0.717) is 13.1 Å². The lowest BCUT2D eigenvalue weighted by Crippen LogP contribution is -2.27. The fourth-order valence-electron chi connectivity index (χ4n) is 1.11. The molecule has 1 heterocycles. The molecule has 0 saturated heterocycles. The third-order valence-corrected chi connectivity index (χ3v) is 2.72. The van der Waals surface area contributed by atoms with Gasteiger partial charge in [-0.25, -0.2) is 0 Å². The van der Waals surface area contributed by atoms with Crippen LogP contribution < -0.4 is 10.6 Å². The van der Waals surface area contributed by atoms with Gasteiger partial charge in [-0.3, -0.25) is 4.79 Å². The highest BCUT2D eigenvalue weighted by Crippen LogP contribution is 2.07. The van der Waals surface area contributed by atoms with Crippen molar-refractivity contribution in [1.29, 1.82) is 0 Å². The smallest absolute Gasteiger partial charge is 0.261 e. The van der Waals surface area contributed by atoms with Gasteiger partial charge in [-0.2, -0.15) is 0 Å². The highest BCUT2D eigenvalue weighted by atomic mass is 32.1. The van der Waals surface area contributed by atoms with E-state index in [1.54, 1.807) is 0 Å². The predicted molar refractivity (Wildman–Crippen MR) is 61.2 cm³/mol. The molecule has 1 aromatic heterocycles. The maximum atomic E-state index is 11.4. The number of carbonyl (C=O) groups excluding carboxylic acids is 1. The number of carbonyl (C=O) groups is 1. The topological polar surface area (TPSA) is 61.4 Å². The molecule has 0 fully saturated rings. The van der Waals surface area contributed by atoms with E-state index >= 15 is 0 Å². The van der Waals surface area contributed by atoms with Crippen molar-refractivity contribution >= 4 is 17.2 Å². The van der Waals surface area contributed by atoms with Crippen LogP contribution in [0.25, 0.3) is 0 Å². The Morgan fingerprint density at radius 2 is 2.27 bits per heavy atom. The van der Waals surface area contributed by atoms with Crippen molar-refractivity contribution in [2.24, 2.45) is 0 Å². The molecule has 5 heteroatoms. The Kier molecular flexibility index (Phi) is 5.99. The van der Waals surface area contributed by atoms with Crippen LogP contribution in [-0.2, 0) is 0 Å². The summed E-state index contributed by atoms with van der Waals surface area (Å²) < 4.78 is 0. The van der Waals surface area contributed by atoms with Gasteiger partial charge in [0, 0.05) is 13.1 Å². The molecule has 0 aliphatic carbocycles. The highest BCUT2D eigenvalue weighted by Gasteiger charge is 2.03. The molecule has 0 atom stereocenters. The lowest BCUT2D eigenvalue weighted by molar-refractivity contribution is 0.0957. The SMILES string of the molecule is O=C(NCCCNCCO)c1cccs1. The lowest BCUT2D eigenvalue weighted by atomic mass is 10.4. The molecule has 0 bridgehead atoms. The van der Waals surface area contributed by atoms with Crippen LogP contribution in [0.2, 0.25) is 0 Å². The number of aliphatic hydroxyl groups excluding tert-OH is 1. The van der Waals surface area contributed by atoms with Crippen molar-refractivity contribution in [3.05, 3.63) is 22.4 Å². The Morgan fingerprint density at radius 1 is 1.40 bits per heavy atom. The van der Waals surface area contributed by atoms with E-state index in [0.717, 1.165) is 17.8 Å². The summed E-state index contributed by atoms with van der Waals surface area (Å²) in [6.45, 7) is 2.24. The zero-order chi connectivity index (χ0) is 10.9. The number of amides is 1. The first kappa shape index (κ1) is 12.2. The Hall–Kier alpha value is -0.910. The molecule has 1 rings (SSSR count). The van der Waals surface area contributed by atoms with Crippen LogP contribution in [0.1, 0.15) is 16.1 Å². The second-order valence-electron chi connectivity index (χ2n) is 3.06. The molecule has 0 unspecified atom stereocenters. The normalized spacial score (nSPS) is 10.2. The second-order valence-corrected chi connectivity index (χ2v) is 4.01. The van der Waals surface area contributed by atoms with Gasteiger partial charge in [0.2, 0.25) is 0 Å². The standard InChI is InChI=1S/C10H16N2O2S/c13-7-6-11-4-2-5-12-10(14)9-3-1-8-15-9/h1,3,8,11,13H,2,4-7H2,(H,12,14). The van der Waals surface area contributed by atoms with Crippen molar-refractivity contribution in [3.8, 4) is 0 Å². The van der Waals surface area contributed by atoms with Gasteiger partial charge in [0.05, 0.1) is 11.5 Å². The number of thiophene rings is 1. The van der Waals surface area contributed by atoms with Crippen LogP contribution in [0, 0.1) is 0 Å². The first-order valence-corrected chi connectivity index (χ1v) is 5.86. The summed E-state index contributed by atoms with van der Waals surface area (Å²) in [6, 6.07) is 3.67. The fourth-order valence-corrected chi connectivity index (χ4v) is 1.75. The average Bonchev–Trinajstić information content (AvgIpc) is 2.76. The largest absolute Gasteiger partial charge is 0.395 e. The van der Waals surface area contributed by atoms with Crippen molar-refractivity contribution in [2.45, 2.75) is 6.42 Å². The molecular weight excluding hydrogens is 212 g/mol. The molecule has 0 aliphatic heterocycles.